The lowest BCUT2D eigenvalue weighted by atomic mass is 9.89. The summed E-state index contributed by atoms with van der Waals surface area (Å²) < 4.78 is 0. The first-order valence-corrected chi connectivity index (χ1v) is 5.65. The van der Waals surface area contributed by atoms with E-state index in [1.54, 1.807) is 0 Å². The Labute approximate surface area is 87.2 Å². The van der Waals surface area contributed by atoms with Crippen molar-refractivity contribution in [1.29, 1.82) is 5.41 Å². The summed E-state index contributed by atoms with van der Waals surface area (Å²) >= 11 is 0. The zero-order valence-electron chi connectivity index (χ0n) is 9.42. The van der Waals surface area contributed by atoms with E-state index in [0.29, 0.717) is 0 Å². The van der Waals surface area contributed by atoms with Crippen molar-refractivity contribution in [2.75, 3.05) is 13.6 Å². The largest absolute Gasteiger partial charge is 0.386 e. The first kappa shape index (κ1) is 11.5. The second-order valence-corrected chi connectivity index (χ2v) is 4.57. The second-order valence-electron chi connectivity index (χ2n) is 4.57. The van der Waals surface area contributed by atoms with Gasteiger partial charge in [-0.1, -0.05) is 19.3 Å². The monoisotopic (exact) mass is 197 g/mol. The normalized spacial score (nSPS) is 21.1. The molecule has 1 fully saturated rings. The van der Waals surface area contributed by atoms with Gasteiger partial charge in [0.05, 0.1) is 6.04 Å². The van der Waals surface area contributed by atoms with Crippen LogP contribution in [0.25, 0.3) is 0 Å². The van der Waals surface area contributed by atoms with Crippen molar-refractivity contribution >= 4 is 5.84 Å². The van der Waals surface area contributed by atoms with Crippen molar-refractivity contribution in [3.63, 3.8) is 0 Å². The summed E-state index contributed by atoms with van der Waals surface area (Å²) in [7, 11) is 2.07. The van der Waals surface area contributed by atoms with Gasteiger partial charge in [0.15, 0.2) is 0 Å². The molecule has 1 unspecified atom stereocenters. The Balaban J connectivity index is 2.31. The van der Waals surface area contributed by atoms with Crippen molar-refractivity contribution in [3.8, 4) is 0 Å². The average molecular weight is 197 g/mol. The number of nitrogens with one attached hydrogen (secondary N) is 1. The molecule has 1 rings (SSSR count). The molecular formula is C11H23N3. The molecule has 1 aliphatic rings. The Morgan fingerprint density at radius 3 is 2.50 bits per heavy atom. The van der Waals surface area contributed by atoms with Crippen LogP contribution < -0.4 is 5.73 Å². The van der Waals surface area contributed by atoms with E-state index >= 15 is 0 Å². The van der Waals surface area contributed by atoms with E-state index < -0.39 is 0 Å². The fraction of sp³-hybridized carbons (Fsp3) is 0.909. The van der Waals surface area contributed by atoms with E-state index in [9.17, 15) is 0 Å². The summed E-state index contributed by atoms with van der Waals surface area (Å²) in [5, 5.41) is 7.38. The highest BCUT2D eigenvalue weighted by Gasteiger charge is 2.19. The number of nitrogens with two attached hydrogens (primary N) is 1. The van der Waals surface area contributed by atoms with Crippen LogP contribution in [0.15, 0.2) is 0 Å². The van der Waals surface area contributed by atoms with Gasteiger partial charge in [-0.25, -0.2) is 0 Å². The molecule has 0 bridgehead atoms. The quantitative estimate of drug-likeness (QED) is 0.533. The molecule has 0 amide bonds. The third-order valence-corrected chi connectivity index (χ3v) is 3.38. The fourth-order valence-electron chi connectivity index (χ4n) is 2.17. The van der Waals surface area contributed by atoms with Crippen molar-refractivity contribution < 1.29 is 0 Å². The van der Waals surface area contributed by atoms with Crippen LogP contribution in [-0.2, 0) is 0 Å². The van der Waals surface area contributed by atoms with E-state index in [0.717, 1.165) is 12.5 Å². The first-order valence-electron chi connectivity index (χ1n) is 5.65. The highest BCUT2D eigenvalue weighted by molar-refractivity contribution is 5.82. The molecule has 0 aliphatic heterocycles. The standard InChI is InChI=1S/C11H23N3/c1-9(11(12)13)14(2)8-10-6-4-3-5-7-10/h9-10H,3-8H2,1-2H3,(H3,12,13). The van der Waals surface area contributed by atoms with Gasteiger partial charge in [0.25, 0.3) is 0 Å². The summed E-state index contributed by atoms with van der Waals surface area (Å²) in [4.78, 5) is 2.21. The zero-order chi connectivity index (χ0) is 10.6. The molecular weight excluding hydrogens is 174 g/mol. The Hall–Kier alpha value is -0.570. The van der Waals surface area contributed by atoms with E-state index in [2.05, 4.69) is 11.9 Å². The first-order chi connectivity index (χ1) is 6.61. The molecule has 0 heterocycles. The number of hydrogen-bond acceptors (Lipinski definition) is 2. The minimum absolute atomic E-state index is 0.0944. The molecule has 3 heteroatoms. The molecule has 0 spiro atoms. The molecule has 3 N–H and O–H groups in total. The summed E-state index contributed by atoms with van der Waals surface area (Å²) in [6.45, 7) is 3.10. The molecule has 82 valence electrons. The van der Waals surface area contributed by atoms with Gasteiger partial charge >= 0.3 is 0 Å². The lowest BCUT2D eigenvalue weighted by Crippen LogP contribution is -2.42. The van der Waals surface area contributed by atoms with E-state index in [-0.39, 0.29) is 11.9 Å². The van der Waals surface area contributed by atoms with Crippen molar-refractivity contribution in [3.05, 3.63) is 0 Å². The van der Waals surface area contributed by atoms with Gasteiger partial charge in [-0.15, -0.1) is 0 Å². The van der Waals surface area contributed by atoms with Crippen LogP contribution >= 0.6 is 0 Å². The third-order valence-electron chi connectivity index (χ3n) is 3.38. The van der Waals surface area contributed by atoms with Crippen LogP contribution in [0.5, 0.6) is 0 Å². The summed E-state index contributed by atoms with van der Waals surface area (Å²) in [6, 6.07) is 0.0944. The molecule has 0 aromatic rings. The molecule has 14 heavy (non-hydrogen) atoms. The summed E-state index contributed by atoms with van der Waals surface area (Å²) in [5.41, 5.74) is 5.48. The minimum atomic E-state index is 0.0944. The van der Waals surface area contributed by atoms with Crippen LogP contribution in [0.3, 0.4) is 0 Å². The van der Waals surface area contributed by atoms with Gasteiger partial charge < -0.3 is 5.73 Å². The predicted molar refractivity (Wildman–Crippen MR) is 60.6 cm³/mol. The SMILES string of the molecule is CC(C(=N)N)N(C)CC1CCCCC1. The molecule has 1 atom stereocenters. The van der Waals surface area contributed by atoms with Crippen LogP contribution in [-0.4, -0.2) is 30.4 Å². The average Bonchev–Trinajstić information content (AvgIpc) is 2.18. The molecule has 0 aromatic heterocycles. The number of nitrogens with zero attached hydrogens (tertiary/aromatic N) is 1. The number of rotatable bonds is 4. The molecule has 3 nitrogen and oxygen atoms in total. The fourth-order valence-corrected chi connectivity index (χ4v) is 2.17. The van der Waals surface area contributed by atoms with Gasteiger partial charge in [0, 0.05) is 6.54 Å². The molecule has 1 aliphatic carbocycles. The van der Waals surface area contributed by atoms with Gasteiger partial charge in [0.2, 0.25) is 0 Å². The van der Waals surface area contributed by atoms with E-state index in [4.69, 9.17) is 11.1 Å². The topological polar surface area (TPSA) is 53.1 Å². The molecule has 1 saturated carbocycles. The second kappa shape index (κ2) is 5.35. The van der Waals surface area contributed by atoms with Gasteiger partial charge in [-0.05, 0) is 32.7 Å². The maximum absolute atomic E-state index is 7.38. The lowest BCUT2D eigenvalue weighted by Gasteiger charge is -2.30. The lowest BCUT2D eigenvalue weighted by molar-refractivity contribution is 0.220. The van der Waals surface area contributed by atoms with Crippen molar-refractivity contribution in [1.82, 2.24) is 4.90 Å². The summed E-state index contributed by atoms with van der Waals surface area (Å²) in [5.74, 6) is 1.11. The number of amidine groups is 1. The number of hydrogen-bond donors (Lipinski definition) is 2. The Morgan fingerprint density at radius 1 is 1.43 bits per heavy atom. The van der Waals surface area contributed by atoms with Crippen LogP contribution in [0.2, 0.25) is 0 Å². The van der Waals surface area contributed by atoms with E-state index in [1.165, 1.54) is 32.1 Å². The highest BCUT2D eigenvalue weighted by atomic mass is 15.1. The van der Waals surface area contributed by atoms with Crippen LogP contribution in [0, 0.1) is 11.3 Å². The Bertz CT molecular complexity index is 185. The van der Waals surface area contributed by atoms with Gasteiger partial charge in [-0.3, -0.25) is 10.3 Å². The summed E-state index contributed by atoms with van der Waals surface area (Å²) in [6.07, 6.45) is 6.88. The predicted octanol–water partition coefficient (Wildman–Crippen LogP) is 1.82. The van der Waals surface area contributed by atoms with Crippen molar-refractivity contribution in [2.24, 2.45) is 11.7 Å². The van der Waals surface area contributed by atoms with Crippen molar-refractivity contribution in [2.45, 2.75) is 45.1 Å². The van der Waals surface area contributed by atoms with Gasteiger partial charge in [-0.2, -0.15) is 0 Å². The highest BCUT2D eigenvalue weighted by Crippen LogP contribution is 2.24. The maximum Gasteiger partial charge on any atom is 0.108 e. The smallest absolute Gasteiger partial charge is 0.108 e. The van der Waals surface area contributed by atoms with Crippen LogP contribution in [0.1, 0.15) is 39.0 Å². The minimum Gasteiger partial charge on any atom is -0.386 e. The van der Waals surface area contributed by atoms with E-state index in [1.807, 2.05) is 6.92 Å². The molecule has 0 saturated heterocycles. The van der Waals surface area contributed by atoms with Gasteiger partial charge in [0.1, 0.15) is 5.84 Å². The Kier molecular flexibility index (Phi) is 4.39. The zero-order valence-corrected chi connectivity index (χ0v) is 9.42. The molecule has 0 radical (unpaired) electrons. The Morgan fingerprint density at radius 2 is 2.00 bits per heavy atom. The maximum atomic E-state index is 7.38. The number of likely N-dealkylation sites (N-methyl/N-ethyl adjacent to an activating group) is 1. The van der Waals surface area contributed by atoms with Crippen LogP contribution in [0.4, 0.5) is 0 Å². The molecule has 0 aromatic carbocycles. The third kappa shape index (κ3) is 3.29.